The van der Waals surface area contributed by atoms with Gasteiger partial charge in [0.05, 0.1) is 0 Å². The summed E-state index contributed by atoms with van der Waals surface area (Å²) in [6.07, 6.45) is 4.71. The van der Waals surface area contributed by atoms with Crippen molar-refractivity contribution in [1.29, 1.82) is 0 Å². The van der Waals surface area contributed by atoms with Gasteiger partial charge in [0.25, 0.3) is 0 Å². The maximum absolute atomic E-state index is 11.7. The Morgan fingerprint density at radius 3 is 2.50 bits per heavy atom. The lowest BCUT2D eigenvalue weighted by Gasteiger charge is -2.10. The lowest BCUT2D eigenvalue weighted by molar-refractivity contribution is -0.124. The minimum Gasteiger partial charge on any atom is -0.352 e. The first-order valence-electron chi connectivity index (χ1n) is 6.77. The molecule has 3 nitrogen and oxygen atoms in total. The van der Waals surface area contributed by atoms with Gasteiger partial charge in [0, 0.05) is 12.5 Å². The summed E-state index contributed by atoms with van der Waals surface area (Å²) >= 11 is 0. The molecule has 3 heteroatoms. The van der Waals surface area contributed by atoms with Gasteiger partial charge in [0.2, 0.25) is 5.91 Å². The number of hydrogen-bond acceptors (Lipinski definition) is 2. The molecule has 0 aliphatic rings. The minimum absolute atomic E-state index is 0.0390. The van der Waals surface area contributed by atoms with Crippen LogP contribution in [0.4, 0.5) is 0 Å². The highest BCUT2D eigenvalue weighted by Crippen LogP contribution is 2.15. The van der Waals surface area contributed by atoms with Gasteiger partial charge in [-0.3, -0.25) is 9.59 Å². The molecule has 0 heterocycles. The lowest BCUT2D eigenvalue weighted by Crippen LogP contribution is -2.28. The molecule has 0 bridgehead atoms. The van der Waals surface area contributed by atoms with Gasteiger partial charge in [-0.05, 0) is 29.2 Å². The summed E-state index contributed by atoms with van der Waals surface area (Å²) in [5, 5.41) is 2.91. The van der Waals surface area contributed by atoms with E-state index in [0.717, 1.165) is 29.4 Å². The molecule has 0 saturated heterocycles. The Morgan fingerprint density at radius 2 is 2.00 bits per heavy atom. The van der Waals surface area contributed by atoms with Gasteiger partial charge < -0.3 is 5.32 Å². The molecule has 0 aliphatic carbocycles. The summed E-state index contributed by atoms with van der Waals surface area (Å²) in [5.74, 6) is 0.112. The monoisotopic (exact) mass is 271 g/mol. The first kappa shape index (κ1) is 15.9. The molecular formula is C17H21NO2. The summed E-state index contributed by atoms with van der Waals surface area (Å²) < 4.78 is 0. The minimum atomic E-state index is 0.0390. The summed E-state index contributed by atoms with van der Waals surface area (Å²) in [5.41, 5.74) is 2.75. The Kier molecular flexibility index (Phi) is 6.44. The van der Waals surface area contributed by atoms with Crippen LogP contribution in [0.3, 0.4) is 0 Å². The van der Waals surface area contributed by atoms with E-state index in [-0.39, 0.29) is 11.8 Å². The van der Waals surface area contributed by atoms with Crippen molar-refractivity contribution in [1.82, 2.24) is 5.32 Å². The van der Waals surface area contributed by atoms with Gasteiger partial charge in [0.15, 0.2) is 0 Å². The van der Waals surface area contributed by atoms with Crippen LogP contribution in [0.15, 0.2) is 43.0 Å². The molecule has 20 heavy (non-hydrogen) atoms. The molecule has 0 spiro atoms. The summed E-state index contributed by atoms with van der Waals surface area (Å²) in [6, 6.07) is 7.71. The molecule has 1 aromatic rings. The molecule has 0 aromatic heterocycles. The van der Waals surface area contributed by atoms with Crippen molar-refractivity contribution in [3.8, 4) is 0 Å². The molecule has 1 atom stereocenters. The summed E-state index contributed by atoms with van der Waals surface area (Å²) in [4.78, 5) is 22.2. The molecule has 0 aliphatic heterocycles. The molecule has 1 aromatic carbocycles. The van der Waals surface area contributed by atoms with E-state index < -0.39 is 0 Å². The number of amides is 1. The Morgan fingerprint density at radius 1 is 1.35 bits per heavy atom. The number of rotatable bonds is 7. The molecule has 1 rings (SSSR count). The van der Waals surface area contributed by atoms with Crippen LogP contribution in [0, 0.1) is 5.92 Å². The van der Waals surface area contributed by atoms with E-state index in [4.69, 9.17) is 0 Å². The molecule has 0 radical (unpaired) electrons. The molecule has 1 amide bonds. The van der Waals surface area contributed by atoms with Crippen molar-refractivity contribution in [3.63, 3.8) is 0 Å². The van der Waals surface area contributed by atoms with Crippen molar-refractivity contribution in [3.05, 3.63) is 54.1 Å². The number of hydrogen-bond donors (Lipinski definition) is 1. The number of carbonyl (C=O) groups is 2. The Bertz CT molecular complexity index is 500. The predicted molar refractivity (Wildman–Crippen MR) is 82.0 cm³/mol. The normalized spacial score (nSPS) is 12.6. The fourth-order valence-corrected chi connectivity index (χ4v) is 1.72. The van der Waals surface area contributed by atoms with Crippen molar-refractivity contribution >= 4 is 17.8 Å². The van der Waals surface area contributed by atoms with Gasteiger partial charge in [-0.25, -0.2) is 0 Å². The fraction of sp³-hybridized carbons (Fsp3) is 0.294. The number of nitrogens with one attached hydrogen (secondary N) is 1. The zero-order valence-corrected chi connectivity index (χ0v) is 12.1. The van der Waals surface area contributed by atoms with Gasteiger partial charge in [-0.1, -0.05) is 50.8 Å². The van der Waals surface area contributed by atoms with Gasteiger partial charge >= 0.3 is 0 Å². The van der Waals surface area contributed by atoms with Gasteiger partial charge in [0.1, 0.15) is 6.29 Å². The Labute approximate surface area is 120 Å². The highest BCUT2D eigenvalue weighted by atomic mass is 16.1. The average Bonchev–Trinajstić information content (AvgIpc) is 2.50. The second-order valence-electron chi connectivity index (χ2n) is 4.69. The van der Waals surface area contributed by atoms with Crippen LogP contribution in [-0.4, -0.2) is 12.2 Å². The van der Waals surface area contributed by atoms with Gasteiger partial charge in [-0.15, -0.1) is 0 Å². The van der Waals surface area contributed by atoms with Crippen LogP contribution >= 0.6 is 0 Å². The van der Waals surface area contributed by atoms with E-state index in [1.165, 1.54) is 6.08 Å². The van der Waals surface area contributed by atoms with E-state index >= 15 is 0 Å². The summed E-state index contributed by atoms with van der Waals surface area (Å²) in [7, 11) is 0. The first-order valence-corrected chi connectivity index (χ1v) is 6.77. The number of aldehydes is 1. The summed E-state index contributed by atoms with van der Waals surface area (Å²) in [6.45, 7) is 8.11. The molecule has 0 fully saturated rings. The zero-order valence-electron chi connectivity index (χ0n) is 12.1. The van der Waals surface area contributed by atoms with E-state index in [2.05, 4.69) is 11.9 Å². The maximum atomic E-state index is 11.7. The van der Waals surface area contributed by atoms with Crippen LogP contribution < -0.4 is 5.32 Å². The fourth-order valence-electron chi connectivity index (χ4n) is 1.72. The van der Waals surface area contributed by atoms with Crippen LogP contribution in [-0.2, 0) is 16.1 Å². The molecular weight excluding hydrogens is 250 g/mol. The SMILES string of the molecule is C=C/C(=C\C=O)c1ccc(CNC(=O)C(C)CC)cc1. The van der Waals surface area contributed by atoms with Crippen molar-refractivity contribution in [2.24, 2.45) is 5.92 Å². The van der Waals surface area contributed by atoms with Crippen molar-refractivity contribution < 1.29 is 9.59 Å². The second kappa shape index (κ2) is 8.10. The van der Waals surface area contributed by atoms with Crippen LogP contribution in [0.25, 0.3) is 5.57 Å². The zero-order chi connectivity index (χ0) is 15.0. The highest BCUT2D eigenvalue weighted by molar-refractivity contribution is 5.86. The van der Waals surface area contributed by atoms with E-state index in [1.54, 1.807) is 6.08 Å². The molecule has 1 N–H and O–H groups in total. The average molecular weight is 271 g/mol. The number of benzene rings is 1. The van der Waals surface area contributed by atoms with E-state index in [1.807, 2.05) is 38.1 Å². The third kappa shape index (κ3) is 4.50. The number of carbonyl (C=O) groups excluding carboxylic acids is 2. The quantitative estimate of drug-likeness (QED) is 0.470. The third-order valence-electron chi connectivity index (χ3n) is 3.28. The standard InChI is InChI=1S/C17H21NO2/c1-4-13(3)17(20)18-12-14-6-8-16(9-7-14)15(5-2)10-11-19/h5-11,13H,2,4,12H2,1,3H3,(H,18,20)/b15-10+. The maximum Gasteiger partial charge on any atom is 0.223 e. The Balaban J connectivity index is 2.68. The van der Waals surface area contributed by atoms with Crippen LogP contribution in [0.5, 0.6) is 0 Å². The molecule has 1 unspecified atom stereocenters. The van der Waals surface area contributed by atoms with Crippen molar-refractivity contribution in [2.75, 3.05) is 0 Å². The molecule has 0 saturated carbocycles. The topological polar surface area (TPSA) is 46.2 Å². The number of allylic oxidation sites excluding steroid dienone is 3. The van der Waals surface area contributed by atoms with E-state index in [9.17, 15) is 9.59 Å². The first-order chi connectivity index (χ1) is 9.62. The van der Waals surface area contributed by atoms with E-state index in [0.29, 0.717) is 6.54 Å². The van der Waals surface area contributed by atoms with Crippen molar-refractivity contribution in [2.45, 2.75) is 26.8 Å². The smallest absolute Gasteiger partial charge is 0.223 e. The third-order valence-corrected chi connectivity index (χ3v) is 3.28. The highest BCUT2D eigenvalue weighted by Gasteiger charge is 2.09. The van der Waals surface area contributed by atoms with Crippen LogP contribution in [0.1, 0.15) is 31.4 Å². The second-order valence-corrected chi connectivity index (χ2v) is 4.69. The predicted octanol–water partition coefficient (Wildman–Crippen LogP) is 3.12. The Hall–Kier alpha value is -2.16. The largest absolute Gasteiger partial charge is 0.352 e. The van der Waals surface area contributed by atoms with Crippen LogP contribution in [0.2, 0.25) is 0 Å². The molecule has 106 valence electrons. The lowest BCUT2D eigenvalue weighted by atomic mass is 10.0. The van der Waals surface area contributed by atoms with Gasteiger partial charge in [-0.2, -0.15) is 0 Å².